The molecule has 1 aromatic heterocycles. The van der Waals surface area contributed by atoms with Crippen LogP contribution in [0.15, 0.2) is 212 Å². The Hall–Kier alpha value is -7.00. The van der Waals surface area contributed by atoms with E-state index >= 15 is 0 Å². The maximum absolute atomic E-state index is 2.41. The van der Waals surface area contributed by atoms with Crippen molar-refractivity contribution in [3.63, 3.8) is 0 Å². The van der Waals surface area contributed by atoms with Crippen molar-refractivity contribution in [2.45, 2.75) is 0 Å². The number of benzene rings is 10. The highest BCUT2D eigenvalue weighted by Gasteiger charge is 2.18. The van der Waals surface area contributed by atoms with E-state index in [1.807, 2.05) is 11.3 Å². The maximum Gasteiger partial charge on any atom is 0.0468 e. The van der Waals surface area contributed by atoms with Crippen LogP contribution >= 0.6 is 11.3 Å². The Morgan fingerprint density at radius 2 is 0.911 bits per heavy atom. The van der Waals surface area contributed by atoms with Crippen LogP contribution in [0.2, 0.25) is 0 Å². The molecule has 0 amide bonds. The summed E-state index contributed by atoms with van der Waals surface area (Å²) in [7, 11) is 0. The first-order valence-corrected chi connectivity index (χ1v) is 20.0. The quantitative estimate of drug-likeness (QED) is 0.154. The van der Waals surface area contributed by atoms with Crippen molar-refractivity contribution in [2.75, 3.05) is 4.90 Å². The van der Waals surface area contributed by atoms with Crippen LogP contribution in [0.4, 0.5) is 17.1 Å². The van der Waals surface area contributed by atoms with Crippen molar-refractivity contribution >= 4 is 80.9 Å². The molecule has 0 unspecified atom stereocenters. The lowest BCUT2D eigenvalue weighted by atomic mass is 9.89. The van der Waals surface area contributed by atoms with Gasteiger partial charge in [-0.15, -0.1) is 11.3 Å². The maximum atomic E-state index is 2.41. The van der Waals surface area contributed by atoms with E-state index in [2.05, 4.69) is 217 Å². The van der Waals surface area contributed by atoms with Crippen LogP contribution in [0.3, 0.4) is 0 Å². The van der Waals surface area contributed by atoms with Gasteiger partial charge in [-0.2, -0.15) is 0 Å². The number of hydrogen-bond acceptors (Lipinski definition) is 2. The average molecular weight is 730 g/mol. The van der Waals surface area contributed by atoms with Gasteiger partial charge in [0.2, 0.25) is 0 Å². The van der Waals surface area contributed by atoms with E-state index in [0.717, 1.165) is 17.1 Å². The number of rotatable bonds is 6. The van der Waals surface area contributed by atoms with Gasteiger partial charge in [-0.3, -0.25) is 0 Å². The SMILES string of the molecule is c1ccc(-c2ccc(N(c3cccc(-c4ccccc4-c4cc5ccccc5c5ccccc45)c3)c3ccc4sc5c6ccccc6ccc5c4c3)cc2)cc1. The van der Waals surface area contributed by atoms with Gasteiger partial charge in [0, 0.05) is 37.2 Å². The zero-order valence-corrected chi connectivity index (χ0v) is 31.4. The predicted molar refractivity (Wildman–Crippen MR) is 243 cm³/mol. The Bertz CT molecular complexity index is 3250. The molecule has 0 spiro atoms. The fourth-order valence-electron chi connectivity index (χ4n) is 8.57. The second kappa shape index (κ2) is 13.4. The molecule has 0 saturated carbocycles. The average Bonchev–Trinajstić information content (AvgIpc) is 3.66. The van der Waals surface area contributed by atoms with Gasteiger partial charge < -0.3 is 4.90 Å². The van der Waals surface area contributed by atoms with Gasteiger partial charge in [0.15, 0.2) is 0 Å². The molecule has 1 nitrogen and oxygen atoms in total. The van der Waals surface area contributed by atoms with Gasteiger partial charge in [-0.1, -0.05) is 164 Å². The molecule has 1 heterocycles. The van der Waals surface area contributed by atoms with Crippen LogP contribution in [0.1, 0.15) is 0 Å². The number of fused-ring (bicyclic) bond motifs is 8. The third-order valence-electron chi connectivity index (χ3n) is 11.2. The summed E-state index contributed by atoms with van der Waals surface area (Å²) < 4.78 is 2.64. The van der Waals surface area contributed by atoms with Gasteiger partial charge in [-0.05, 0) is 114 Å². The Balaban J connectivity index is 1.09. The summed E-state index contributed by atoms with van der Waals surface area (Å²) >= 11 is 1.88. The summed E-state index contributed by atoms with van der Waals surface area (Å²) in [4.78, 5) is 2.41. The summed E-state index contributed by atoms with van der Waals surface area (Å²) in [5.41, 5.74) is 10.6. The highest BCUT2D eigenvalue weighted by atomic mass is 32.1. The molecule has 0 aliphatic heterocycles. The Morgan fingerprint density at radius 3 is 1.75 bits per heavy atom. The number of hydrogen-bond donors (Lipinski definition) is 0. The van der Waals surface area contributed by atoms with Gasteiger partial charge >= 0.3 is 0 Å². The van der Waals surface area contributed by atoms with Gasteiger partial charge in [0.25, 0.3) is 0 Å². The van der Waals surface area contributed by atoms with Crippen molar-refractivity contribution in [2.24, 2.45) is 0 Å². The Kier molecular flexibility index (Phi) is 7.75. The highest BCUT2D eigenvalue weighted by Crippen LogP contribution is 2.45. The molecule has 56 heavy (non-hydrogen) atoms. The van der Waals surface area contributed by atoms with Crippen LogP contribution in [0, 0.1) is 0 Å². The largest absolute Gasteiger partial charge is 0.310 e. The van der Waals surface area contributed by atoms with E-state index in [1.165, 1.54) is 85.9 Å². The molecule has 0 aliphatic carbocycles. The van der Waals surface area contributed by atoms with E-state index in [-0.39, 0.29) is 0 Å². The summed E-state index contributed by atoms with van der Waals surface area (Å²) in [5.74, 6) is 0. The normalized spacial score (nSPS) is 11.6. The van der Waals surface area contributed by atoms with E-state index < -0.39 is 0 Å². The second-order valence-electron chi connectivity index (χ2n) is 14.5. The predicted octanol–water partition coefficient (Wildman–Crippen LogP) is 16.0. The lowest BCUT2D eigenvalue weighted by Crippen LogP contribution is -2.10. The van der Waals surface area contributed by atoms with Gasteiger partial charge in [0.05, 0.1) is 0 Å². The number of thiophene rings is 1. The van der Waals surface area contributed by atoms with Crippen molar-refractivity contribution in [1.29, 1.82) is 0 Å². The fraction of sp³-hybridized carbons (Fsp3) is 0. The molecule has 0 bridgehead atoms. The Morgan fingerprint density at radius 1 is 0.286 bits per heavy atom. The lowest BCUT2D eigenvalue weighted by molar-refractivity contribution is 1.29. The molecule has 0 atom stereocenters. The summed E-state index contributed by atoms with van der Waals surface area (Å²) in [5, 5.41) is 10.2. The molecule has 11 aromatic rings. The first-order valence-electron chi connectivity index (χ1n) is 19.2. The number of nitrogens with zero attached hydrogens (tertiary/aromatic N) is 1. The first kappa shape index (κ1) is 32.4. The second-order valence-corrected chi connectivity index (χ2v) is 15.5. The molecule has 0 fully saturated rings. The van der Waals surface area contributed by atoms with Crippen LogP contribution in [-0.4, -0.2) is 0 Å². The summed E-state index contributed by atoms with van der Waals surface area (Å²) in [6, 6.07) is 77.7. The highest BCUT2D eigenvalue weighted by molar-refractivity contribution is 7.26. The molecule has 2 heteroatoms. The molecule has 262 valence electrons. The third-order valence-corrected chi connectivity index (χ3v) is 12.5. The van der Waals surface area contributed by atoms with Gasteiger partial charge in [-0.25, -0.2) is 0 Å². The third kappa shape index (κ3) is 5.46. The molecule has 0 aliphatic rings. The van der Waals surface area contributed by atoms with Crippen molar-refractivity contribution in [1.82, 2.24) is 0 Å². The van der Waals surface area contributed by atoms with Crippen LogP contribution in [-0.2, 0) is 0 Å². The van der Waals surface area contributed by atoms with Crippen LogP contribution in [0.25, 0.3) is 85.9 Å². The Labute approximate surface area is 330 Å². The molecular weight excluding hydrogens is 695 g/mol. The van der Waals surface area contributed by atoms with E-state index in [4.69, 9.17) is 0 Å². The fourth-order valence-corrected chi connectivity index (χ4v) is 9.79. The summed E-state index contributed by atoms with van der Waals surface area (Å²) in [6.45, 7) is 0. The monoisotopic (exact) mass is 729 g/mol. The van der Waals surface area contributed by atoms with Crippen LogP contribution in [0.5, 0.6) is 0 Å². The molecule has 0 radical (unpaired) electrons. The smallest absolute Gasteiger partial charge is 0.0468 e. The molecule has 0 saturated heterocycles. The lowest BCUT2D eigenvalue weighted by Gasteiger charge is -2.26. The minimum atomic E-state index is 1.11. The molecule has 0 N–H and O–H groups in total. The van der Waals surface area contributed by atoms with Crippen molar-refractivity contribution in [3.8, 4) is 33.4 Å². The minimum absolute atomic E-state index is 1.11. The zero-order valence-electron chi connectivity index (χ0n) is 30.6. The van der Waals surface area contributed by atoms with Crippen molar-refractivity contribution < 1.29 is 0 Å². The minimum Gasteiger partial charge on any atom is -0.310 e. The van der Waals surface area contributed by atoms with Crippen molar-refractivity contribution in [3.05, 3.63) is 212 Å². The molecular formula is C54H35NS. The van der Waals surface area contributed by atoms with E-state index in [1.54, 1.807) is 0 Å². The number of anilines is 3. The molecule has 10 aromatic carbocycles. The summed E-state index contributed by atoms with van der Waals surface area (Å²) in [6.07, 6.45) is 0. The standard InChI is InChI=1S/C54H35NS/c1-2-13-36(14-3-1)37-25-28-41(29-26-37)55(43-30-32-53-52(35-43)50-31-27-38-15-4-7-21-46(38)54(50)56-53)42-18-12-17-39(33-42)44-20-8-9-23-48(44)51-34-40-16-5-6-19-45(40)47-22-10-11-24-49(47)51/h1-35H. The van der Waals surface area contributed by atoms with E-state index in [9.17, 15) is 0 Å². The zero-order chi connectivity index (χ0) is 37.0. The van der Waals surface area contributed by atoms with Crippen LogP contribution < -0.4 is 4.90 Å². The van der Waals surface area contributed by atoms with E-state index in [0.29, 0.717) is 0 Å². The van der Waals surface area contributed by atoms with Gasteiger partial charge in [0.1, 0.15) is 0 Å². The molecule has 11 rings (SSSR count). The first-order chi connectivity index (χ1) is 27.8. The topological polar surface area (TPSA) is 3.24 Å².